The van der Waals surface area contributed by atoms with E-state index in [1.165, 1.54) is 0 Å². The van der Waals surface area contributed by atoms with Crippen molar-refractivity contribution < 1.29 is 14.7 Å². The summed E-state index contributed by atoms with van der Waals surface area (Å²) >= 11 is 0. The van der Waals surface area contributed by atoms with Gasteiger partial charge >= 0.3 is 5.97 Å². The molecule has 0 amide bonds. The molecule has 0 bridgehead atoms. The third-order valence-corrected chi connectivity index (χ3v) is 4.67. The molecule has 0 aliphatic heterocycles. The fourth-order valence-electron chi connectivity index (χ4n) is 3.03. The van der Waals surface area contributed by atoms with Crippen molar-refractivity contribution in [3.8, 4) is 11.4 Å². The molecule has 1 atom stereocenters. The molecule has 2 heterocycles. The Hall–Kier alpha value is -2.83. The van der Waals surface area contributed by atoms with E-state index in [4.69, 9.17) is 0 Å². The fraction of sp³-hybridized carbons (Fsp3) is 0.421. The number of carbonyl (C=O) groups excluding carboxylic acids is 1. The number of carbonyl (C=O) groups is 2. The van der Waals surface area contributed by atoms with Crippen LogP contribution in [0.15, 0.2) is 29.3 Å². The van der Waals surface area contributed by atoms with E-state index in [0.29, 0.717) is 35.0 Å². The van der Waals surface area contributed by atoms with E-state index >= 15 is 0 Å². The summed E-state index contributed by atoms with van der Waals surface area (Å²) in [5.41, 5.74) is 1.06. The molecule has 0 spiro atoms. The first-order valence-corrected chi connectivity index (χ1v) is 8.68. The SMILES string of the molecule is Cc1nc(-c2cccnc2)[nH]c(=O)c1CC(=O)CC(CC1CC1)C(=O)O. The molecule has 7 heteroatoms. The minimum Gasteiger partial charge on any atom is -0.481 e. The van der Waals surface area contributed by atoms with Crippen LogP contribution in [0.5, 0.6) is 0 Å². The summed E-state index contributed by atoms with van der Waals surface area (Å²) in [5.74, 6) is -1.04. The first-order valence-electron chi connectivity index (χ1n) is 8.68. The van der Waals surface area contributed by atoms with E-state index < -0.39 is 11.9 Å². The van der Waals surface area contributed by atoms with Gasteiger partial charge in [0.15, 0.2) is 0 Å². The molecule has 0 aromatic carbocycles. The van der Waals surface area contributed by atoms with Crippen molar-refractivity contribution in [2.45, 2.75) is 39.0 Å². The monoisotopic (exact) mass is 355 g/mol. The molecule has 0 saturated heterocycles. The average Bonchev–Trinajstić information content (AvgIpc) is 3.42. The zero-order valence-corrected chi connectivity index (χ0v) is 14.6. The molecule has 2 aromatic heterocycles. The van der Waals surface area contributed by atoms with Crippen molar-refractivity contribution in [1.82, 2.24) is 15.0 Å². The minimum absolute atomic E-state index is 0.0466. The maximum atomic E-state index is 12.4. The predicted octanol–water partition coefficient (Wildman–Crippen LogP) is 2.14. The predicted molar refractivity (Wildman–Crippen MR) is 94.6 cm³/mol. The van der Waals surface area contributed by atoms with Gasteiger partial charge in [-0.05, 0) is 31.4 Å². The quantitative estimate of drug-likeness (QED) is 0.750. The normalized spacial score (nSPS) is 14.8. The van der Waals surface area contributed by atoms with Crippen molar-refractivity contribution >= 4 is 11.8 Å². The van der Waals surface area contributed by atoms with Gasteiger partial charge in [0, 0.05) is 42.1 Å². The Balaban J connectivity index is 1.73. The van der Waals surface area contributed by atoms with Crippen LogP contribution in [0, 0.1) is 18.8 Å². The highest BCUT2D eigenvalue weighted by Gasteiger charge is 2.30. The second-order valence-corrected chi connectivity index (χ2v) is 6.85. The van der Waals surface area contributed by atoms with Crippen LogP contribution in [0.3, 0.4) is 0 Å². The molecular weight excluding hydrogens is 334 g/mol. The van der Waals surface area contributed by atoms with Gasteiger partial charge in [0.25, 0.3) is 5.56 Å². The Morgan fingerprint density at radius 2 is 2.15 bits per heavy atom. The average molecular weight is 355 g/mol. The molecular formula is C19H21N3O4. The number of H-pyrrole nitrogens is 1. The summed E-state index contributed by atoms with van der Waals surface area (Å²) in [7, 11) is 0. The van der Waals surface area contributed by atoms with Gasteiger partial charge in [-0.1, -0.05) is 12.8 Å². The van der Waals surface area contributed by atoms with Gasteiger partial charge in [0.2, 0.25) is 0 Å². The van der Waals surface area contributed by atoms with Gasteiger partial charge in [-0.25, -0.2) is 4.98 Å². The van der Waals surface area contributed by atoms with E-state index in [9.17, 15) is 19.5 Å². The number of aryl methyl sites for hydroxylation is 1. The third kappa shape index (κ3) is 4.41. The van der Waals surface area contributed by atoms with E-state index in [1.807, 2.05) is 0 Å². The number of aromatic nitrogens is 3. The number of Topliss-reactive ketones (excluding diaryl/α,β-unsaturated/α-hetero) is 1. The number of nitrogens with zero attached hydrogens (tertiary/aromatic N) is 2. The van der Waals surface area contributed by atoms with Crippen LogP contribution in [0.4, 0.5) is 0 Å². The Labute approximate surface area is 150 Å². The second kappa shape index (κ2) is 7.59. The number of ketones is 1. The van der Waals surface area contributed by atoms with Crippen molar-refractivity contribution in [3.63, 3.8) is 0 Å². The second-order valence-electron chi connectivity index (χ2n) is 6.85. The van der Waals surface area contributed by atoms with Crippen LogP contribution < -0.4 is 5.56 Å². The number of hydrogen-bond donors (Lipinski definition) is 2. The number of nitrogens with one attached hydrogen (secondary N) is 1. The number of carboxylic acids is 1. The minimum atomic E-state index is -0.944. The van der Waals surface area contributed by atoms with Gasteiger partial charge in [0.1, 0.15) is 11.6 Å². The topological polar surface area (TPSA) is 113 Å². The molecule has 0 radical (unpaired) electrons. The molecule has 2 aromatic rings. The fourth-order valence-corrected chi connectivity index (χ4v) is 3.03. The number of aromatic amines is 1. The lowest BCUT2D eigenvalue weighted by Gasteiger charge is -2.11. The van der Waals surface area contributed by atoms with Gasteiger partial charge in [-0.3, -0.25) is 19.4 Å². The van der Waals surface area contributed by atoms with Crippen LogP contribution in [-0.2, 0) is 16.0 Å². The number of hydrogen-bond acceptors (Lipinski definition) is 5. The number of pyridine rings is 1. The largest absolute Gasteiger partial charge is 0.481 e. The first kappa shape index (κ1) is 18.0. The summed E-state index contributed by atoms with van der Waals surface area (Å²) in [6.45, 7) is 1.68. The molecule has 136 valence electrons. The summed E-state index contributed by atoms with van der Waals surface area (Å²) in [5, 5.41) is 9.30. The summed E-state index contributed by atoms with van der Waals surface area (Å²) < 4.78 is 0. The lowest BCUT2D eigenvalue weighted by molar-refractivity contribution is -0.144. The summed E-state index contributed by atoms with van der Waals surface area (Å²) in [6, 6.07) is 3.53. The van der Waals surface area contributed by atoms with Crippen LogP contribution in [0.25, 0.3) is 11.4 Å². The Kier molecular flexibility index (Phi) is 5.25. The molecule has 1 unspecified atom stereocenters. The van der Waals surface area contributed by atoms with E-state index in [0.717, 1.165) is 12.8 Å². The van der Waals surface area contributed by atoms with E-state index in [1.54, 1.807) is 31.5 Å². The standard InChI is InChI=1S/C19H21N3O4/c1-11-16(9-15(23)8-14(19(25)26)7-12-4-5-12)18(24)22-17(21-11)13-3-2-6-20-10-13/h2-3,6,10,12,14H,4-5,7-9H2,1H3,(H,25,26)(H,21,22,24). The first-order chi connectivity index (χ1) is 12.4. The number of rotatable bonds is 8. The molecule has 3 rings (SSSR count). The Morgan fingerprint density at radius 3 is 2.73 bits per heavy atom. The van der Waals surface area contributed by atoms with Crippen LogP contribution in [0.1, 0.15) is 36.9 Å². The van der Waals surface area contributed by atoms with Crippen molar-refractivity contribution in [2.24, 2.45) is 11.8 Å². The van der Waals surface area contributed by atoms with E-state index in [-0.39, 0.29) is 24.2 Å². The van der Waals surface area contributed by atoms with Gasteiger partial charge in [-0.15, -0.1) is 0 Å². The van der Waals surface area contributed by atoms with Crippen molar-refractivity contribution in [2.75, 3.05) is 0 Å². The molecule has 1 aliphatic carbocycles. The maximum Gasteiger partial charge on any atom is 0.306 e. The van der Waals surface area contributed by atoms with Crippen molar-refractivity contribution in [3.05, 3.63) is 46.1 Å². The molecule has 1 fully saturated rings. The molecule has 2 N–H and O–H groups in total. The van der Waals surface area contributed by atoms with Gasteiger partial charge < -0.3 is 10.1 Å². The van der Waals surface area contributed by atoms with Crippen molar-refractivity contribution in [1.29, 1.82) is 0 Å². The van der Waals surface area contributed by atoms with Gasteiger partial charge in [0.05, 0.1) is 5.92 Å². The zero-order valence-electron chi connectivity index (χ0n) is 14.6. The van der Waals surface area contributed by atoms with Crippen LogP contribution >= 0.6 is 0 Å². The zero-order chi connectivity index (χ0) is 18.7. The number of aliphatic carboxylic acids is 1. The molecule has 7 nitrogen and oxygen atoms in total. The Bertz CT molecular complexity index is 872. The van der Waals surface area contributed by atoms with E-state index in [2.05, 4.69) is 15.0 Å². The summed E-state index contributed by atoms with van der Waals surface area (Å²) in [6.07, 6.45) is 5.69. The maximum absolute atomic E-state index is 12.4. The highest BCUT2D eigenvalue weighted by molar-refractivity contribution is 5.85. The third-order valence-electron chi connectivity index (χ3n) is 4.67. The molecule has 26 heavy (non-hydrogen) atoms. The molecule has 1 aliphatic rings. The number of carboxylic acid groups (broad SMARTS) is 1. The summed E-state index contributed by atoms with van der Waals surface area (Å²) in [4.78, 5) is 47.1. The van der Waals surface area contributed by atoms with Gasteiger partial charge in [-0.2, -0.15) is 0 Å². The highest BCUT2D eigenvalue weighted by Crippen LogP contribution is 2.36. The van der Waals surface area contributed by atoms with Crippen LogP contribution in [-0.4, -0.2) is 31.8 Å². The highest BCUT2D eigenvalue weighted by atomic mass is 16.4. The lowest BCUT2D eigenvalue weighted by atomic mass is 9.93. The molecule has 1 saturated carbocycles. The Morgan fingerprint density at radius 1 is 1.38 bits per heavy atom. The smallest absolute Gasteiger partial charge is 0.306 e. The lowest BCUT2D eigenvalue weighted by Crippen LogP contribution is -2.24. The van der Waals surface area contributed by atoms with Crippen LogP contribution in [0.2, 0.25) is 0 Å².